The molecule has 1 fully saturated rings. The zero-order valence-corrected chi connectivity index (χ0v) is 13.3. The molecule has 0 spiro atoms. The fourth-order valence-corrected chi connectivity index (χ4v) is 2.33. The molecule has 20 heavy (non-hydrogen) atoms. The molecule has 0 aliphatic carbocycles. The Labute approximate surface area is 125 Å². The molecule has 0 atom stereocenters. The Morgan fingerprint density at radius 2 is 1.60 bits per heavy atom. The molecular weight excluding hydrogens is 324 g/mol. The minimum Gasteiger partial charge on any atom is -0.419 e. The second-order valence-electron chi connectivity index (χ2n) is 5.12. The summed E-state index contributed by atoms with van der Waals surface area (Å²) < 4.78 is 11.1. The number of esters is 2. The summed E-state index contributed by atoms with van der Waals surface area (Å²) in [7, 11) is 0. The molecule has 106 valence electrons. The molecule has 1 aliphatic heterocycles. The standard InChI is InChI=1S/C15H15BrO4/c1-8-9(2)12(16)6-5-10(8)7-11-13(17)19-15(3,4)20-14(11)18/h5-7H,1-4H3. The van der Waals surface area contributed by atoms with Crippen LogP contribution in [-0.2, 0) is 19.1 Å². The van der Waals surface area contributed by atoms with Gasteiger partial charge in [-0.1, -0.05) is 22.0 Å². The van der Waals surface area contributed by atoms with E-state index in [9.17, 15) is 9.59 Å². The van der Waals surface area contributed by atoms with E-state index >= 15 is 0 Å². The Morgan fingerprint density at radius 1 is 1.05 bits per heavy atom. The average Bonchev–Trinajstić information content (AvgIpc) is 2.32. The first-order valence-electron chi connectivity index (χ1n) is 6.15. The van der Waals surface area contributed by atoms with Crippen LogP contribution in [-0.4, -0.2) is 17.7 Å². The minimum absolute atomic E-state index is 0.0888. The smallest absolute Gasteiger partial charge is 0.348 e. The molecule has 0 unspecified atom stereocenters. The molecule has 0 bridgehead atoms. The highest BCUT2D eigenvalue weighted by Crippen LogP contribution is 2.27. The summed E-state index contributed by atoms with van der Waals surface area (Å²) in [5.74, 6) is -2.53. The first kappa shape index (κ1) is 14.8. The van der Waals surface area contributed by atoms with Gasteiger partial charge in [0.05, 0.1) is 0 Å². The molecular formula is C15H15BrO4. The third-order valence-corrected chi connectivity index (χ3v) is 4.04. The maximum absolute atomic E-state index is 11.9. The predicted octanol–water partition coefficient (Wildman–Crippen LogP) is 3.29. The fourth-order valence-electron chi connectivity index (χ4n) is 1.90. The van der Waals surface area contributed by atoms with Gasteiger partial charge in [0.15, 0.2) is 0 Å². The number of carbonyl (C=O) groups is 2. The Hall–Kier alpha value is -1.62. The second-order valence-corrected chi connectivity index (χ2v) is 5.98. The van der Waals surface area contributed by atoms with Crippen molar-refractivity contribution in [2.45, 2.75) is 33.5 Å². The van der Waals surface area contributed by atoms with Crippen molar-refractivity contribution in [1.29, 1.82) is 0 Å². The van der Waals surface area contributed by atoms with E-state index in [-0.39, 0.29) is 5.57 Å². The SMILES string of the molecule is Cc1c(Br)ccc(C=C2C(=O)OC(C)(C)OC2=O)c1C. The van der Waals surface area contributed by atoms with Crippen molar-refractivity contribution < 1.29 is 19.1 Å². The molecule has 0 saturated carbocycles. The molecule has 1 aromatic rings. The number of rotatable bonds is 1. The van der Waals surface area contributed by atoms with Crippen LogP contribution in [0.25, 0.3) is 6.08 Å². The van der Waals surface area contributed by atoms with E-state index in [0.717, 1.165) is 21.2 Å². The Morgan fingerprint density at radius 3 is 2.15 bits per heavy atom. The zero-order chi connectivity index (χ0) is 15.1. The molecule has 0 radical (unpaired) electrons. The normalized spacial score (nSPS) is 17.6. The Kier molecular flexibility index (Phi) is 3.73. The molecule has 0 aromatic heterocycles. The lowest BCUT2D eigenvalue weighted by Crippen LogP contribution is -2.41. The molecule has 1 aromatic carbocycles. The first-order chi connectivity index (χ1) is 9.21. The number of hydrogen-bond donors (Lipinski definition) is 0. The van der Waals surface area contributed by atoms with Crippen LogP contribution in [0.4, 0.5) is 0 Å². The summed E-state index contributed by atoms with van der Waals surface area (Å²) in [6.07, 6.45) is 1.51. The largest absolute Gasteiger partial charge is 0.419 e. The van der Waals surface area contributed by atoms with E-state index in [1.807, 2.05) is 26.0 Å². The van der Waals surface area contributed by atoms with Gasteiger partial charge in [-0.15, -0.1) is 0 Å². The van der Waals surface area contributed by atoms with Gasteiger partial charge in [-0.05, 0) is 42.7 Å². The number of hydrogen-bond acceptors (Lipinski definition) is 4. The van der Waals surface area contributed by atoms with Gasteiger partial charge in [0.2, 0.25) is 0 Å². The van der Waals surface area contributed by atoms with E-state index < -0.39 is 17.7 Å². The van der Waals surface area contributed by atoms with Gasteiger partial charge in [0, 0.05) is 18.3 Å². The molecule has 0 N–H and O–H groups in total. The monoisotopic (exact) mass is 338 g/mol. The zero-order valence-electron chi connectivity index (χ0n) is 11.7. The highest BCUT2D eigenvalue weighted by molar-refractivity contribution is 9.10. The molecule has 4 nitrogen and oxygen atoms in total. The molecule has 1 heterocycles. The van der Waals surface area contributed by atoms with E-state index in [0.29, 0.717) is 0 Å². The lowest BCUT2D eigenvalue weighted by molar-refractivity contribution is -0.222. The number of ether oxygens (including phenoxy) is 2. The number of halogens is 1. The van der Waals surface area contributed by atoms with Crippen LogP contribution in [0.1, 0.15) is 30.5 Å². The summed E-state index contributed by atoms with van der Waals surface area (Å²) in [6, 6.07) is 3.71. The second kappa shape index (κ2) is 5.05. The highest BCUT2D eigenvalue weighted by Gasteiger charge is 2.38. The van der Waals surface area contributed by atoms with E-state index in [4.69, 9.17) is 9.47 Å². The Bertz CT molecular complexity index is 607. The third-order valence-electron chi connectivity index (χ3n) is 3.18. The van der Waals surface area contributed by atoms with Gasteiger partial charge in [0.1, 0.15) is 5.57 Å². The van der Waals surface area contributed by atoms with Crippen LogP contribution in [0.2, 0.25) is 0 Å². The topological polar surface area (TPSA) is 52.6 Å². The van der Waals surface area contributed by atoms with Crippen LogP contribution in [0.15, 0.2) is 22.2 Å². The Balaban J connectivity index is 2.44. The molecule has 5 heteroatoms. The maximum atomic E-state index is 11.9. The number of carbonyl (C=O) groups excluding carboxylic acids is 2. The van der Waals surface area contributed by atoms with E-state index in [1.54, 1.807) is 0 Å². The van der Waals surface area contributed by atoms with E-state index in [1.165, 1.54) is 19.9 Å². The van der Waals surface area contributed by atoms with Gasteiger partial charge in [-0.25, -0.2) is 9.59 Å². The first-order valence-corrected chi connectivity index (χ1v) is 6.94. The van der Waals surface area contributed by atoms with Crippen LogP contribution < -0.4 is 0 Å². The van der Waals surface area contributed by atoms with Crippen molar-refractivity contribution in [3.05, 3.63) is 38.9 Å². The quantitative estimate of drug-likeness (QED) is 0.448. The van der Waals surface area contributed by atoms with Gasteiger partial charge in [0.25, 0.3) is 5.79 Å². The molecule has 2 rings (SSSR count). The van der Waals surface area contributed by atoms with Crippen LogP contribution in [0.3, 0.4) is 0 Å². The summed E-state index contributed by atoms with van der Waals surface area (Å²) in [4.78, 5) is 23.8. The average molecular weight is 339 g/mol. The highest BCUT2D eigenvalue weighted by atomic mass is 79.9. The van der Waals surface area contributed by atoms with Crippen molar-refractivity contribution in [3.63, 3.8) is 0 Å². The van der Waals surface area contributed by atoms with Crippen molar-refractivity contribution in [2.24, 2.45) is 0 Å². The lowest BCUT2D eigenvalue weighted by Gasteiger charge is -2.29. The van der Waals surface area contributed by atoms with Crippen LogP contribution in [0, 0.1) is 13.8 Å². The lowest BCUT2D eigenvalue weighted by atomic mass is 10.0. The number of benzene rings is 1. The molecule has 1 aliphatic rings. The summed E-state index contributed by atoms with van der Waals surface area (Å²) in [6.45, 7) is 6.93. The third kappa shape index (κ3) is 2.77. The fraction of sp³-hybridized carbons (Fsp3) is 0.333. The molecule has 1 saturated heterocycles. The summed E-state index contributed by atoms with van der Waals surface area (Å²) >= 11 is 3.44. The van der Waals surface area contributed by atoms with Gasteiger partial charge in [-0.2, -0.15) is 0 Å². The van der Waals surface area contributed by atoms with Crippen molar-refractivity contribution in [3.8, 4) is 0 Å². The summed E-state index contributed by atoms with van der Waals surface area (Å²) in [5, 5.41) is 0. The van der Waals surface area contributed by atoms with Crippen LogP contribution in [0.5, 0.6) is 0 Å². The summed E-state index contributed by atoms with van der Waals surface area (Å²) in [5.41, 5.74) is 2.73. The maximum Gasteiger partial charge on any atom is 0.348 e. The van der Waals surface area contributed by atoms with Gasteiger partial charge in [-0.3, -0.25) is 0 Å². The van der Waals surface area contributed by atoms with Gasteiger partial charge < -0.3 is 9.47 Å². The van der Waals surface area contributed by atoms with E-state index in [2.05, 4.69) is 15.9 Å². The van der Waals surface area contributed by atoms with Crippen molar-refractivity contribution in [2.75, 3.05) is 0 Å². The predicted molar refractivity (Wildman–Crippen MR) is 77.9 cm³/mol. The minimum atomic E-state index is -1.21. The number of cyclic esters (lactones) is 2. The molecule has 0 amide bonds. The van der Waals surface area contributed by atoms with Gasteiger partial charge >= 0.3 is 11.9 Å². The van der Waals surface area contributed by atoms with Crippen LogP contribution >= 0.6 is 15.9 Å². The van der Waals surface area contributed by atoms with Crippen molar-refractivity contribution in [1.82, 2.24) is 0 Å². The van der Waals surface area contributed by atoms with Crippen molar-refractivity contribution >= 4 is 33.9 Å².